The van der Waals surface area contributed by atoms with Crippen LogP contribution in [0.5, 0.6) is 0 Å². The lowest BCUT2D eigenvalue weighted by molar-refractivity contribution is 0.126. The summed E-state index contributed by atoms with van der Waals surface area (Å²) < 4.78 is 27.1. The molecule has 0 saturated carbocycles. The first-order chi connectivity index (χ1) is 9.25. The van der Waals surface area contributed by atoms with Gasteiger partial charge in [-0.25, -0.2) is 8.78 Å². The van der Waals surface area contributed by atoms with E-state index in [1.165, 1.54) is 6.07 Å². The second-order valence-electron chi connectivity index (χ2n) is 6.22. The van der Waals surface area contributed by atoms with Gasteiger partial charge in [0.25, 0.3) is 0 Å². The van der Waals surface area contributed by atoms with Crippen LogP contribution in [0.1, 0.15) is 52.1 Å². The third-order valence-electron chi connectivity index (χ3n) is 3.42. The average Bonchev–Trinajstić information content (AvgIpc) is 2.32. The highest BCUT2D eigenvalue weighted by Gasteiger charge is 2.23. The van der Waals surface area contributed by atoms with E-state index in [1.54, 1.807) is 6.92 Å². The van der Waals surface area contributed by atoms with Gasteiger partial charge in [-0.05, 0) is 43.4 Å². The van der Waals surface area contributed by atoms with E-state index in [9.17, 15) is 13.9 Å². The monoisotopic (exact) mass is 285 g/mol. The molecular formula is C16H25F2NO. The van der Waals surface area contributed by atoms with Crippen LogP contribution in [0.25, 0.3) is 0 Å². The van der Waals surface area contributed by atoms with Gasteiger partial charge in [-0.15, -0.1) is 0 Å². The Bertz CT molecular complexity index is 432. The van der Waals surface area contributed by atoms with Crippen molar-refractivity contribution in [1.29, 1.82) is 0 Å². The predicted molar refractivity (Wildman–Crippen MR) is 77.5 cm³/mol. The summed E-state index contributed by atoms with van der Waals surface area (Å²) in [6, 6.07) is 3.32. The van der Waals surface area contributed by atoms with Gasteiger partial charge in [-0.3, -0.25) is 0 Å². The van der Waals surface area contributed by atoms with Crippen molar-refractivity contribution < 1.29 is 13.9 Å². The number of aliphatic hydroxyl groups excluding tert-OH is 1. The van der Waals surface area contributed by atoms with Crippen LogP contribution in [-0.4, -0.2) is 17.8 Å². The molecule has 0 aliphatic rings. The minimum Gasteiger partial charge on any atom is -0.393 e. The van der Waals surface area contributed by atoms with Gasteiger partial charge in [-0.2, -0.15) is 0 Å². The van der Waals surface area contributed by atoms with Crippen LogP contribution in [0.2, 0.25) is 0 Å². The number of rotatable bonds is 7. The van der Waals surface area contributed by atoms with Crippen LogP contribution >= 0.6 is 0 Å². The highest BCUT2D eigenvalue weighted by atomic mass is 19.1. The van der Waals surface area contributed by atoms with Gasteiger partial charge in [0.05, 0.1) is 6.10 Å². The molecule has 2 atom stereocenters. The molecule has 0 aliphatic heterocycles. The van der Waals surface area contributed by atoms with Crippen molar-refractivity contribution in [3.8, 4) is 0 Å². The fourth-order valence-electron chi connectivity index (χ4n) is 2.53. The van der Waals surface area contributed by atoms with Crippen molar-refractivity contribution >= 4 is 0 Å². The van der Waals surface area contributed by atoms with Crippen LogP contribution in [-0.2, 0) is 0 Å². The molecule has 4 heteroatoms. The molecule has 0 aromatic heterocycles. The highest BCUT2D eigenvalue weighted by Crippen LogP contribution is 2.25. The van der Waals surface area contributed by atoms with E-state index in [1.807, 2.05) is 20.8 Å². The lowest BCUT2D eigenvalue weighted by Crippen LogP contribution is -2.34. The quantitative estimate of drug-likeness (QED) is 0.798. The van der Waals surface area contributed by atoms with Gasteiger partial charge < -0.3 is 10.4 Å². The van der Waals surface area contributed by atoms with Gasteiger partial charge in [0.15, 0.2) is 0 Å². The van der Waals surface area contributed by atoms with Gasteiger partial charge in [0, 0.05) is 18.2 Å². The van der Waals surface area contributed by atoms with E-state index < -0.39 is 5.82 Å². The van der Waals surface area contributed by atoms with E-state index >= 15 is 0 Å². The zero-order chi connectivity index (χ0) is 15.3. The first-order valence-electron chi connectivity index (χ1n) is 7.11. The molecule has 0 heterocycles. The molecule has 1 aromatic rings. The Kier molecular flexibility index (Phi) is 6.08. The first kappa shape index (κ1) is 17.1. The summed E-state index contributed by atoms with van der Waals surface area (Å²) >= 11 is 0. The van der Waals surface area contributed by atoms with Gasteiger partial charge in [0.1, 0.15) is 11.6 Å². The maximum Gasteiger partial charge on any atom is 0.128 e. The van der Waals surface area contributed by atoms with E-state index in [2.05, 4.69) is 5.32 Å². The zero-order valence-electron chi connectivity index (χ0n) is 12.7. The molecule has 2 N–H and O–H groups in total. The Morgan fingerprint density at radius 2 is 1.95 bits per heavy atom. The van der Waals surface area contributed by atoms with Crippen LogP contribution in [0, 0.1) is 17.0 Å². The minimum atomic E-state index is -0.426. The Morgan fingerprint density at radius 3 is 2.50 bits per heavy atom. The lowest BCUT2D eigenvalue weighted by atomic mass is 9.86. The van der Waals surface area contributed by atoms with Gasteiger partial charge in [-0.1, -0.05) is 20.8 Å². The van der Waals surface area contributed by atoms with E-state index in [-0.39, 0.29) is 23.4 Å². The van der Waals surface area contributed by atoms with Crippen LogP contribution in [0.15, 0.2) is 18.2 Å². The second kappa shape index (κ2) is 7.14. The number of nitrogens with one attached hydrogen (secondary N) is 1. The van der Waals surface area contributed by atoms with Gasteiger partial charge in [0.2, 0.25) is 0 Å². The summed E-state index contributed by atoms with van der Waals surface area (Å²) in [6.45, 7) is 8.41. The molecule has 1 aromatic carbocycles. The Balaban J connectivity index is 2.75. The molecule has 2 nitrogen and oxygen atoms in total. The Morgan fingerprint density at radius 1 is 1.30 bits per heavy atom. The van der Waals surface area contributed by atoms with Crippen LogP contribution in [0.4, 0.5) is 8.78 Å². The lowest BCUT2D eigenvalue weighted by Gasteiger charge is -2.29. The SMILES string of the molecule is CCC(NCC(C)(C)CC(C)O)c1cc(F)ccc1F. The third-order valence-corrected chi connectivity index (χ3v) is 3.42. The van der Waals surface area contributed by atoms with E-state index in [0.717, 1.165) is 12.1 Å². The summed E-state index contributed by atoms with van der Waals surface area (Å²) in [5, 5.41) is 12.8. The maximum atomic E-state index is 13.8. The highest BCUT2D eigenvalue weighted by molar-refractivity contribution is 5.22. The van der Waals surface area contributed by atoms with Crippen molar-refractivity contribution in [3.05, 3.63) is 35.4 Å². The molecule has 0 saturated heterocycles. The molecule has 0 amide bonds. The second-order valence-corrected chi connectivity index (χ2v) is 6.22. The van der Waals surface area contributed by atoms with Crippen LogP contribution in [0.3, 0.4) is 0 Å². The minimum absolute atomic E-state index is 0.106. The molecule has 114 valence electrons. The molecule has 1 rings (SSSR count). The fraction of sp³-hybridized carbons (Fsp3) is 0.625. The number of aliphatic hydroxyl groups is 1. The molecule has 0 radical (unpaired) electrons. The summed E-state index contributed by atoms with van der Waals surface area (Å²) in [6.07, 6.45) is 0.950. The third kappa shape index (κ3) is 5.17. The number of halogens is 2. The molecular weight excluding hydrogens is 260 g/mol. The predicted octanol–water partition coefficient (Wildman–Crippen LogP) is 3.80. The number of hydrogen-bond donors (Lipinski definition) is 2. The number of benzene rings is 1. The Labute approximate surface area is 120 Å². The average molecular weight is 285 g/mol. The van der Waals surface area contributed by atoms with Crippen molar-refractivity contribution in [1.82, 2.24) is 5.32 Å². The summed E-state index contributed by atoms with van der Waals surface area (Å²) in [7, 11) is 0. The first-order valence-corrected chi connectivity index (χ1v) is 7.11. The van der Waals surface area contributed by atoms with Crippen molar-refractivity contribution in [2.45, 2.75) is 52.7 Å². The summed E-state index contributed by atoms with van der Waals surface area (Å²) in [4.78, 5) is 0. The maximum absolute atomic E-state index is 13.8. The van der Waals surface area contributed by atoms with Crippen molar-refractivity contribution in [3.63, 3.8) is 0 Å². The molecule has 0 bridgehead atoms. The largest absolute Gasteiger partial charge is 0.393 e. The zero-order valence-corrected chi connectivity index (χ0v) is 12.7. The van der Waals surface area contributed by atoms with Crippen molar-refractivity contribution in [2.24, 2.45) is 5.41 Å². The summed E-state index contributed by atoms with van der Waals surface area (Å²) in [5.74, 6) is -0.816. The standard InChI is InChI=1S/C16H25F2NO/c1-5-15(13-8-12(17)6-7-14(13)18)19-10-16(3,4)9-11(2)20/h6-8,11,15,19-20H,5,9-10H2,1-4H3. The molecule has 2 unspecified atom stereocenters. The topological polar surface area (TPSA) is 32.3 Å². The molecule has 0 spiro atoms. The number of hydrogen-bond acceptors (Lipinski definition) is 2. The summed E-state index contributed by atoms with van der Waals surface area (Å²) in [5.41, 5.74) is 0.256. The normalized spacial score (nSPS) is 15.2. The van der Waals surface area contributed by atoms with Crippen molar-refractivity contribution in [2.75, 3.05) is 6.54 Å². The van der Waals surface area contributed by atoms with Gasteiger partial charge >= 0.3 is 0 Å². The van der Waals surface area contributed by atoms with Crippen LogP contribution < -0.4 is 5.32 Å². The fourth-order valence-corrected chi connectivity index (χ4v) is 2.53. The molecule has 0 fully saturated rings. The van der Waals surface area contributed by atoms with E-state index in [4.69, 9.17) is 0 Å². The van der Waals surface area contributed by atoms with E-state index in [0.29, 0.717) is 24.9 Å². The molecule has 0 aliphatic carbocycles. The Hall–Kier alpha value is -1.00. The molecule has 20 heavy (non-hydrogen) atoms. The smallest absolute Gasteiger partial charge is 0.128 e.